The van der Waals surface area contributed by atoms with Crippen molar-refractivity contribution in [1.29, 1.82) is 0 Å². The zero-order valence-electron chi connectivity index (χ0n) is 9.20. The third kappa shape index (κ3) is 2.25. The molecule has 1 heteroatoms. The van der Waals surface area contributed by atoms with Crippen LogP contribution in [0.25, 0.3) is 0 Å². The van der Waals surface area contributed by atoms with Crippen LogP contribution in [0.1, 0.15) is 39.5 Å². The molecule has 3 atom stereocenters. The standard InChI is InChI=1S/C13H20S/c1-3-12-7-8-13(14-12)11-6-4-5-10(2)9-11/h4-6,10,12-13H,3,7-9H2,1-2H3. The molecule has 0 spiro atoms. The van der Waals surface area contributed by atoms with Gasteiger partial charge in [-0.1, -0.05) is 37.6 Å². The van der Waals surface area contributed by atoms with Crippen molar-refractivity contribution in [2.75, 3.05) is 0 Å². The van der Waals surface area contributed by atoms with Crippen LogP contribution >= 0.6 is 11.8 Å². The summed E-state index contributed by atoms with van der Waals surface area (Å²) in [5, 5.41) is 1.77. The predicted octanol–water partition coefficient (Wildman–Crippen LogP) is 4.18. The molecule has 1 fully saturated rings. The van der Waals surface area contributed by atoms with Crippen LogP contribution in [-0.4, -0.2) is 10.5 Å². The van der Waals surface area contributed by atoms with Gasteiger partial charge < -0.3 is 0 Å². The van der Waals surface area contributed by atoms with E-state index < -0.39 is 0 Å². The largest absolute Gasteiger partial charge is 0.151 e. The summed E-state index contributed by atoms with van der Waals surface area (Å²) in [5.41, 5.74) is 1.70. The first kappa shape index (κ1) is 10.4. The van der Waals surface area contributed by atoms with Gasteiger partial charge in [-0.25, -0.2) is 0 Å². The third-order valence-electron chi connectivity index (χ3n) is 3.28. The lowest BCUT2D eigenvalue weighted by atomic mass is 9.92. The highest BCUT2D eigenvalue weighted by atomic mass is 32.2. The van der Waals surface area contributed by atoms with Gasteiger partial charge in [-0.15, -0.1) is 0 Å². The van der Waals surface area contributed by atoms with Crippen LogP contribution in [0.5, 0.6) is 0 Å². The van der Waals surface area contributed by atoms with E-state index >= 15 is 0 Å². The Bertz CT molecular complexity index is 252. The molecule has 1 aliphatic heterocycles. The van der Waals surface area contributed by atoms with Gasteiger partial charge in [0.15, 0.2) is 0 Å². The van der Waals surface area contributed by atoms with E-state index in [0.29, 0.717) is 0 Å². The van der Waals surface area contributed by atoms with E-state index in [1.165, 1.54) is 25.7 Å². The van der Waals surface area contributed by atoms with E-state index in [2.05, 4.69) is 43.8 Å². The SMILES string of the molecule is CCC1CCC(C2=CC=CC(C)C2)S1. The molecule has 2 rings (SSSR count). The predicted molar refractivity (Wildman–Crippen MR) is 65.7 cm³/mol. The Balaban J connectivity index is 1.96. The number of allylic oxidation sites excluding steroid dienone is 3. The van der Waals surface area contributed by atoms with E-state index in [4.69, 9.17) is 0 Å². The molecule has 0 aromatic carbocycles. The molecule has 0 bridgehead atoms. The molecule has 1 saturated heterocycles. The van der Waals surface area contributed by atoms with Crippen molar-refractivity contribution < 1.29 is 0 Å². The minimum absolute atomic E-state index is 0.760. The monoisotopic (exact) mass is 208 g/mol. The number of thioether (sulfide) groups is 1. The normalized spacial score (nSPS) is 37.3. The smallest absolute Gasteiger partial charge is 0.0262 e. The molecule has 0 aromatic rings. The fraction of sp³-hybridized carbons (Fsp3) is 0.692. The van der Waals surface area contributed by atoms with Crippen LogP contribution in [0.2, 0.25) is 0 Å². The maximum Gasteiger partial charge on any atom is 0.0262 e. The summed E-state index contributed by atoms with van der Waals surface area (Å²) >= 11 is 2.22. The fourth-order valence-electron chi connectivity index (χ4n) is 2.39. The Morgan fingerprint density at radius 2 is 2.29 bits per heavy atom. The molecule has 0 radical (unpaired) electrons. The maximum absolute atomic E-state index is 2.36. The van der Waals surface area contributed by atoms with Crippen LogP contribution in [0, 0.1) is 5.92 Å². The first-order chi connectivity index (χ1) is 6.79. The minimum atomic E-state index is 0.760. The van der Waals surface area contributed by atoms with E-state index in [0.717, 1.165) is 16.4 Å². The third-order valence-corrected chi connectivity index (χ3v) is 5.10. The molecule has 2 aliphatic rings. The van der Waals surface area contributed by atoms with Crippen molar-refractivity contribution in [2.45, 2.75) is 50.0 Å². The van der Waals surface area contributed by atoms with Gasteiger partial charge in [0.25, 0.3) is 0 Å². The second-order valence-electron chi connectivity index (χ2n) is 4.54. The summed E-state index contributed by atoms with van der Waals surface area (Å²) in [6, 6.07) is 0. The van der Waals surface area contributed by atoms with Gasteiger partial charge >= 0.3 is 0 Å². The summed E-state index contributed by atoms with van der Waals surface area (Å²) in [5.74, 6) is 0.760. The zero-order chi connectivity index (χ0) is 9.97. The molecular weight excluding hydrogens is 188 g/mol. The van der Waals surface area contributed by atoms with Crippen molar-refractivity contribution in [2.24, 2.45) is 5.92 Å². The average Bonchev–Trinajstić information content (AvgIpc) is 2.66. The molecule has 0 aromatic heterocycles. The molecule has 0 nitrogen and oxygen atoms in total. The van der Waals surface area contributed by atoms with Crippen molar-refractivity contribution in [3.63, 3.8) is 0 Å². The Hall–Kier alpha value is -0.170. The van der Waals surface area contributed by atoms with Gasteiger partial charge in [0, 0.05) is 10.5 Å². The Morgan fingerprint density at radius 3 is 2.93 bits per heavy atom. The average molecular weight is 208 g/mol. The molecule has 3 unspecified atom stereocenters. The molecule has 0 amide bonds. The summed E-state index contributed by atoms with van der Waals surface area (Å²) in [6.07, 6.45) is 12.4. The lowest BCUT2D eigenvalue weighted by Gasteiger charge is -2.19. The van der Waals surface area contributed by atoms with Gasteiger partial charge in [0.2, 0.25) is 0 Å². The summed E-state index contributed by atoms with van der Waals surface area (Å²) < 4.78 is 0. The van der Waals surface area contributed by atoms with Crippen LogP contribution in [-0.2, 0) is 0 Å². The Kier molecular flexibility index (Phi) is 3.38. The van der Waals surface area contributed by atoms with Gasteiger partial charge in [0.1, 0.15) is 0 Å². The van der Waals surface area contributed by atoms with Crippen molar-refractivity contribution in [3.05, 3.63) is 23.8 Å². The number of hydrogen-bond acceptors (Lipinski definition) is 1. The summed E-state index contributed by atoms with van der Waals surface area (Å²) in [4.78, 5) is 0. The molecule has 78 valence electrons. The topological polar surface area (TPSA) is 0 Å². The van der Waals surface area contributed by atoms with Crippen LogP contribution in [0.3, 0.4) is 0 Å². The van der Waals surface area contributed by atoms with Gasteiger partial charge in [-0.05, 0) is 31.6 Å². The number of hydrogen-bond donors (Lipinski definition) is 0. The molecule has 1 aliphatic carbocycles. The Morgan fingerprint density at radius 1 is 1.43 bits per heavy atom. The van der Waals surface area contributed by atoms with E-state index in [-0.39, 0.29) is 0 Å². The van der Waals surface area contributed by atoms with Crippen molar-refractivity contribution in [1.82, 2.24) is 0 Å². The lowest BCUT2D eigenvalue weighted by Crippen LogP contribution is -2.08. The van der Waals surface area contributed by atoms with Crippen LogP contribution in [0.15, 0.2) is 23.8 Å². The first-order valence-corrected chi connectivity index (χ1v) is 6.76. The van der Waals surface area contributed by atoms with Crippen LogP contribution in [0.4, 0.5) is 0 Å². The van der Waals surface area contributed by atoms with E-state index in [9.17, 15) is 0 Å². The lowest BCUT2D eigenvalue weighted by molar-refractivity contribution is 0.664. The second-order valence-corrected chi connectivity index (χ2v) is 6.05. The van der Waals surface area contributed by atoms with Crippen molar-refractivity contribution >= 4 is 11.8 Å². The van der Waals surface area contributed by atoms with Crippen LogP contribution < -0.4 is 0 Å². The molecular formula is C13H20S. The van der Waals surface area contributed by atoms with E-state index in [1.807, 2.05) is 0 Å². The highest BCUT2D eigenvalue weighted by Crippen LogP contribution is 2.41. The quantitative estimate of drug-likeness (QED) is 0.656. The molecule has 0 saturated carbocycles. The highest BCUT2D eigenvalue weighted by Gasteiger charge is 2.27. The molecule has 14 heavy (non-hydrogen) atoms. The fourth-order valence-corrected chi connectivity index (χ4v) is 3.95. The summed E-state index contributed by atoms with van der Waals surface area (Å²) in [6.45, 7) is 4.64. The van der Waals surface area contributed by atoms with Gasteiger partial charge in [-0.2, -0.15) is 11.8 Å². The highest BCUT2D eigenvalue weighted by molar-refractivity contribution is 8.01. The summed E-state index contributed by atoms with van der Waals surface area (Å²) in [7, 11) is 0. The molecule has 1 heterocycles. The molecule has 0 N–H and O–H groups in total. The second kappa shape index (κ2) is 4.57. The van der Waals surface area contributed by atoms with Crippen molar-refractivity contribution in [3.8, 4) is 0 Å². The first-order valence-electron chi connectivity index (χ1n) is 5.82. The zero-order valence-corrected chi connectivity index (χ0v) is 10.0. The maximum atomic E-state index is 2.36. The van der Waals surface area contributed by atoms with Gasteiger partial charge in [-0.3, -0.25) is 0 Å². The minimum Gasteiger partial charge on any atom is -0.151 e. The number of rotatable bonds is 2. The van der Waals surface area contributed by atoms with E-state index in [1.54, 1.807) is 5.57 Å². The van der Waals surface area contributed by atoms with Gasteiger partial charge in [0.05, 0.1) is 0 Å². The Labute approximate surface area is 91.9 Å².